The summed E-state index contributed by atoms with van der Waals surface area (Å²) in [5.74, 6) is 7.63. The highest BCUT2D eigenvalue weighted by Gasteiger charge is 2.17. The average Bonchev–Trinajstić information content (AvgIpc) is 2.98. The fourth-order valence-corrected chi connectivity index (χ4v) is 2.69. The van der Waals surface area contributed by atoms with Crippen LogP contribution in [-0.2, 0) is 6.42 Å². The van der Waals surface area contributed by atoms with Gasteiger partial charge >= 0.3 is 0 Å². The lowest BCUT2D eigenvalue weighted by Gasteiger charge is -2.18. The number of rotatable bonds is 5. The quantitative estimate of drug-likeness (QED) is 0.654. The van der Waals surface area contributed by atoms with Crippen LogP contribution in [0.5, 0.6) is 11.5 Å². The molecular weight excluding hydrogens is 264 g/mol. The van der Waals surface area contributed by atoms with Gasteiger partial charge in [-0.25, -0.2) is 5.43 Å². The Labute approximate surface area is 124 Å². The van der Waals surface area contributed by atoms with E-state index in [2.05, 4.69) is 17.6 Å². The van der Waals surface area contributed by atoms with Gasteiger partial charge in [0.25, 0.3) is 0 Å². The minimum absolute atomic E-state index is 0.0356. The van der Waals surface area contributed by atoms with E-state index in [-0.39, 0.29) is 6.04 Å². The topological polar surface area (TPSA) is 56.5 Å². The summed E-state index contributed by atoms with van der Waals surface area (Å²) in [4.78, 5) is 0. The monoisotopic (exact) mass is 284 g/mol. The molecule has 0 saturated carbocycles. The van der Waals surface area contributed by atoms with Crippen LogP contribution in [0.2, 0.25) is 0 Å². The molecule has 0 saturated heterocycles. The second-order valence-corrected chi connectivity index (χ2v) is 5.07. The lowest BCUT2D eigenvalue weighted by molar-refractivity contribution is 0.340. The van der Waals surface area contributed by atoms with E-state index in [1.165, 1.54) is 5.56 Å². The van der Waals surface area contributed by atoms with Crippen LogP contribution >= 0.6 is 0 Å². The molecule has 0 amide bonds. The zero-order chi connectivity index (χ0) is 14.7. The molecule has 110 valence electrons. The van der Waals surface area contributed by atoms with E-state index in [1.54, 1.807) is 0 Å². The highest BCUT2D eigenvalue weighted by molar-refractivity contribution is 5.43. The van der Waals surface area contributed by atoms with Crippen molar-refractivity contribution in [2.75, 3.05) is 13.2 Å². The van der Waals surface area contributed by atoms with Gasteiger partial charge in [-0.15, -0.1) is 0 Å². The molecule has 1 atom stereocenters. The van der Waals surface area contributed by atoms with Crippen molar-refractivity contribution in [1.82, 2.24) is 5.43 Å². The van der Waals surface area contributed by atoms with Gasteiger partial charge in [0.05, 0.1) is 19.3 Å². The van der Waals surface area contributed by atoms with Crippen LogP contribution in [0, 0.1) is 0 Å². The van der Waals surface area contributed by atoms with Gasteiger partial charge in [0, 0.05) is 6.42 Å². The van der Waals surface area contributed by atoms with E-state index in [1.807, 2.05) is 37.3 Å². The van der Waals surface area contributed by atoms with Gasteiger partial charge in [0.15, 0.2) is 0 Å². The van der Waals surface area contributed by atoms with Crippen LogP contribution < -0.4 is 20.7 Å². The molecule has 2 aromatic carbocycles. The molecule has 0 aliphatic carbocycles. The maximum absolute atomic E-state index is 5.77. The molecule has 0 fully saturated rings. The van der Waals surface area contributed by atoms with E-state index in [4.69, 9.17) is 15.3 Å². The molecule has 21 heavy (non-hydrogen) atoms. The van der Waals surface area contributed by atoms with Crippen LogP contribution in [-0.4, -0.2) is 13.2 Å². The van der Waals surface area contributed by atoms with E-state index in [9.17, 15) is 0 Å². The number of hydrazine groups is 1. The number of benzene rings is 2. The highest BCUT2D eigenvalue weighted by atomic mass is 16.5. The molecule has 1 aliphatic rings. The van der Waals surface area contributed by atoms with Crippen LogP contribution in [0.1, 0.15) is 29.7 Å². The van der Waals surface area contributed by atoms with Crippen LogP contribution in [0.4, 0.5) is 0 Å². The molecule has 1 unspecified atom stereocenters. The molecule has 0 spiro atoms. The normalized spacial score (nSPS) is 14.4. The lowest BCUT2D eigenvalue weighted by atomic mass is 9.97. The highest BCUT2D eigenvalue weighted by Crippen LogP contribution is 2.30. The molecule has 0 aromatic heterocycles. The Hall–Kier alpha value is -2.04. The van der Waals surface area contributed by atoms with Crippen LogP contribution in [0.25, 0.3) is 0 Å². The molecule has 3 rings (SSSR count). The van der Waals surface area contributed by atoms with Gasteiger partial charge in [-0.2, -0.15) is 0 Å². The summed E-state index contributed by atoms with van der Waals surface area (Å²) >= 11 is 0. The third kappa shape index (κ3) is 2.86. The second-order valence-electron chi connectivity index (χ2n) is 5.07. The smallest absolute Gasteiger partial charge is 0.122 e. The Morgan fingerprint density at radius 2 is 1.95 bits per heavy atom. The van der Waals surface area contributed by atoms with Crippen molar-refractivity contribution < 1.29 is 9.47 Å². The number of hydrogen-bond donors (Lipinski definition) is 2. The first-order valence-electron chi connectivity index (χ1n) is 7.26. The number of hydrogen-bond acceptors (Lipinski definition) is 4. The van der Waals surface area contributed by atoms with Crippen molar-refractivity contribution >= 4 is 0 Å². The molecule has 0 radical (unpaired) electrons. The van der Waals surface area contributed by atoms with Crippen LogP contribution in [0.3, 0.4) is 0 Å². The summed E-state index contributed by atoms with van der Waals surface area (Å²) in [6, 6.07) is 14.2. The standard InChI is InChI=1S/C17H20N2O2/c1-2-20-15-6-3-12(4-7-15)17(19-18)14-5-8-16-13(11-14)9-10-21-16/h3-8,11,17,19H,2,9-10,18H2,1H3. The van der Waals surface area contributed by atoms with Gasteiger partial charge in [-0.3, -0.25) is 5.84 Å². The predicted molar refractivity (Wildman–Crippen MR) is 82.4 cm³/mol. The van der Waals surface area contributed by atoms with E-state index in [0.29, 0.717) is 6.61 Å². The van der Waals surface area contributed by atoms with Gasteiger partial charge < -0.3 is 9.47 Å². The van der Waals surface area contributed by atoms with Crippen molar-refractivity contribution in [3.05, 3.63) is 59.2 Å². The van der Waals surface area contributed by atoms with Crippen molar-refractivity contribution in [2.24, 2.45) is 5.84 Å². The summed E-state index contributed by atoms with van der Waals surface area (Å²) in [6.45, 7) is 3.41. The molecular formula is C17H20N2O2. The van der Waals surface area contributed by atoms with E-state index >= 15 is 0 Å². The van der Waals surface area contributed by atoms with Gasteiger partial charge in [0.1, 0.15) is 11.5 Å². The summed E-state index contributed by atoms with van der Waals surface area (Å²) in [5, 5.41) is 0. The first kappa shape index (κ1) is 13.9. The predicted octanol–water partition coefficient (Wildman–Crippen LogP) is 2.57. The minimum Gasteiger partial charge on any atom is -0.494 e. The summed E-state index contributed by atoms with van der Waals surface area (Å²) in [5.41, 5.74) is 6.40. The first-order valence-corrected chi connectivity index (χ1v) is 7.26. The molecule has 4 nitrogen and oxygen atoms in total. The van der Waals surface area contributed by atoms with Gasteiger partial charge in [-0.05, 0) is 41.8 Å². The number of fused-ring (bicyclic) bond motifs is 1. The number of ether oxygens (including phenoxy) is 2. The molecule has 1 heterocycles. The molecule has 4 heteroatoms. The molecule has 0 bridgehead atoms. The fourth-order valence-electron chi connectivity index (χ4n) is 2.69. The van der Waals surface area contributed by atoms with Gasteiger partial charge in [0.2, 0.25) is 0 Å². The largest absolute Gasteiger partial charge is 0.494 e. The molecule has 3 N–H and O–H groups in total. The van der Waals surface area contributed by atoms with Crippen molar-refractivity contribution in [1.29, 1.82) is 0 Å². The van der Waals surface area contributed by atoms with E-state index in [0.717, 1.165) is 35.7 Å². The average molecular weight is 284 g/mol. The first-order chi connectivity index (χ1) is 10.3. The maximum Gasteiger partial charge on any atom is 0.122 e. The Kier molecular flexibility index (Phi) is 4.08. The maximum atomic E-state index is 5.77. The zero-order valence-corrected chi connectivity index (χ0v) is 12.1. The number of nitrogens with two attached hydrogens (primary N) is 1. The fraction of sp³-hybridized carbons (Fsp3) is 0.294. The third-order valence-corrected chi connectivity index (χ3v) is 3.74. The Morgan fingerprint density at radius 1 is 1.19 bits per heavy atom. The Morgan fingerprint density at radius 3 is 2.67 bits per heavy atom. The lowest BCUT2D eigenvalue weighted by Crippen LogP contribution is -2.28. The third-order valence-electron chi connectivity index (χ3n) is 3.74. The second kappa shape index (κ2) is 6.16. The zero-order valence-electron chi connectivity index (χ0n) is 12.1. The number of nitrogens with one attached hydrogen (secondary N) is 1. The summed E-state index contributed by atoms with van der Waals surface area (Å²) < 4.78 is 11.0. The van der Waals surface area contributed by atoms with Gasteiger partial charge in [-0.1, -0.05) is 24.3 Å². The Balaban J connectivity index is 1.87. The summed E-state index contributed by atoms with van der Waals surface area (Å²) in [7, 11) is 0. The minimum atomic E-state index is -0.0356. The molecule has 2 aromatic rings. The molecule has 1 aliphatic heterocycles. The van der Waals surface area contributed by atoms with Crippen LogP contribution in [0.15, 0.2) is 42.5 Å². The SMILES string of the molecule is CCOc1ccc(C(NN)c2ccc3c(c2)CCO3)cc1. The van der Waals surface area contributed by atoms with Crippen molar-refractivity contribution in [3.63, 3.8) is 0 Å². The summed E-state index contributed by atoms with van der Waals surface area (Å²) in [6.07, 6.45) is 0.962. The van der Waals surface area contributed by atoms with Crippen molar-refractivity contribution in [2.45, 2.75) is 19.4 Å². The Bertz CT molecular complexity index is 611. The van der Waals surface area contributed by atoms with E-state index < -0.39 is 0 Å². The van der Waals surface area contributed by atoms with Crippen molar-refractivity contribution in [3.8, 4) is 11.5 Å².